The smallest absolute Gasteiger partial charge is 0.283 e. The fourth-order valence-corrected chi connectivity index (χ4v) is 2.10. The third-order valence-electron chi connectivity index (χ3n) is 3.02. The van der Waals surface area contributed by atoms with Gasteiger partial charge < -0.3 is 10.7 Å². The standard InChI is InChI=1S/C14H13BN4O2/c1-9-4-2-5-10(18-9)8-17-11-6-3-7-12(19(20)21)13(11)14(15)16/h2-7,16-17H,8H2,1H3/p+1. The van der Waals surface area contributed by atoms with Gasteiger partial charge in [-0.25, -0.2) is 0 Å². The molecule has 0 saturated carbocycles. The zero-order valence-electron chi connectivity index (χ0n) is 11.5. The Morgan fingerprint density at radius 2 is 2.10 bits per heavy atom. The molecule has 21 heavy (non-hydrogen) atoms. The van der Waals surface area contributed by atoms with Crippen LogP contribution in [0.4, 0.5) is 11.4 Å². The highest BCUT2D eigenvalue weighted by molar-refractivity contribution is 6.64. The van der Waals surface area contributed by atoms with E-state index in [-0.39, 0.29) is 16.9 Å². The minimum absolute atomic E-state index is 0.148. The summed E-state index contributed by atoms with van der Waals surface area (Å²) in [6.45, 7) is 2.42. The average molecular weight is 281 g/mol. The Morgan fingerprint density at radius 1 is 1.38 bits per heavy atom. The molecule has 0 aliphatic heterocycles. The third kappa shape index (κ3) is 3.52. The number of nitro groups is 1. The van der Waals surface area contributed by atoms with Crippen LogP contribution < -0.4 is 5.32 Å². The lowest BCUT2D eigenvalue weighted by molar-refractivity contribution is -0.589. The molecule has 0 saturated heterocycles. The average Bonchev–Trinajstić information content (AvgIpc) is 2.44. The zero-order valence-corrected chi connectivity index (χ0v) is 11.5. The summed E-state index contributed by atoms with van der Waals surface area (Å²) >= 11 is 0. The van der Waals surface area contributed by atoms with E-state index in [1.165, 1.54) is 6.07 Å². The van der Waals surface area contributed by atoms with Gasteiger partial charge in [-0.15, -0.1) is 0 Å². The number of nitrogens with two attached hydrogens (primary N) is 1. The third-order valence-corrected chi connectivity index (χ3v) is 3.02. The number of nitrogens with zero attached hydrogens (tertiary/aromatic N) is 2. The number of pyridine rings is 1. The predicted molar refractivity (Wildman–Crippen MR) is 79.9 cm³/mol. The first kappa shape index (κ1) is 14.9. The molecule has 0 unspecified atom stereocenters. The molecule has 0 spiro atoms. The molecule has 0 fully saturated rings. The summed E-state index contributed by atoms with van der Waals surface area (Å²) in [5.74, 6) is 0. The van der Waals surface area contributed by atoms with Crippen molar-refractivity contribution in [2.45, 2.75) is 13.5 Å². The molecule has 0 aliphatic rings. The Bertz CT molecular complexity index is 703. The maximum absolute atomic E-state index is 11.0. The van der Waals surface area contributed by atoms with Gasteiger partial charge in [0.25, 0.3) is 5.69 Å². The summed E-state index contributed by atoms with van der Waals surface area (Å²) in [4.78, 5) is 14.9. The molecule has 0 bridgehead atoms. The molecule has 1 aromatic heterocycles. The Labute approximate surface area is 123 Å². The van der Waals surface area contributed by atoms with E-state index in [4.69, 9.17) is 13.3 Å². The van der Waals surface area contributed by atoms with E-state index >= 15 is 0 Å². The number of nitro benzene ring substituents is 1. The minimum atomic E-state index is -0.529. The Morgan fingerprint density at radius 3 is 2.71 bits per heavy atom. The van der Waals surface area contributed by atoms with E-state index in [0.29, 0.717) is 12.2 Å². The molecule has 0 aliphatic carbocycles. The summed E-state index contributed by atoms with van der Waals surface area (Å²) in [6, 6.07) is 10.3. The van der Waals surface area contributed by atoms with Gasteiger partial charge in [-0.3, -0.25) is 15.1 Å². The van der Waals surface area contributed by atoms with Gasteiger partial charge in [0.2, 0.25) is 0 Å². The highest BCUT2D eigenvalue weighted by Crippen LogP contribution is 2.23. The molecule has 6 nitrogen and oxygen atoms in total. The van der Waals surface area contributed by atoms with E-state index in [9.17, 15) is 10.1 Å². The highest BCUT2D eigenvalue weighted by atomic mass is 16.6. The van der Waals surface area contributed by atoms with Crippen molar-refractivity contribution >= 4 is 24.8 Å². The summed E-state index contributed by atoms with van der Waals surface area (Å²) in [7, 11) is 5.49. The van der Waals surface area contributed by atoms with Gasteiger partial charge in [-0.2, -0.15) is 0 Å². The van der Waals surface area contributed by atoms with E-state index < -0.39 is 4.92 Å². The molecule has 1 aromatic carbocycles. The van der Waals surface area contributed by atoms with Crippen LogP contribution in [0.3, 0.4) is 0 Å². The first-order valence-electron chi connectivity index (χ1n) is 6.36. The lowest BCUT2D eigenvalue weighted by atomic mass is 9.91. The van der Waals surface area contributed by atoms with E-state index in [1.54, 1.807) is 17.4 Å². The fourth-order valence-electron chi connectivity index (χ4n) is 2.10. The number of rotatable bonds is 5. The lowest BCUT2D eigenvalue weighted by Crippen LogP contribution is -2.76. The van der Waals surface area contributed by atoms with Crippen LogP contribution in [-0.4, -0.2) is 23.4 Å². The molecule has 3 N–H and O–H groups in total. The van der Waals surface area contributed by atoms with Crippen molar-refractivity contribution < 1.29 is 10.2 Å². The van der Waals surface area contributed by atoms with Crippen molar-refractivity contribution in [2.75, 3.05) is 0 Å². The van der Waals surface area contributed by atoms with Crippen molar-refractivity contribution in [2.24, 2.45) is 0 Å². The van der Waals surface area contributed by atoms with Crippen LogP contribution in [0.15, 0.2) is 36.4 Å². The van der Waals surface area contributed by atoms with Gasteiger partial charge in [-0.1, -0.05) is 6.07 Å². The summed E-state index contributed by atoms with van der Waals surface area (Å²) < 4.78 is 0. The number of hydrogen-bond donors (Lipinski definition) is 2. The van der Waals surface area contributed by atoms with Crippen LogP contribution >= 0.6 is 0 Å². The Balaban J connectivity index is 2.30. The molecular formula is C14H14BN4O2+. The zero-order chi connectivity index (χ0) is 15.4. The molecule has 2 aromatic rings. The normalized spacial score (nSPS) is 10.3. The number of quaternary nitrogens is 1. The number of nitrogens with one attached hydrogen (secondary N) is 1. The highest BCUT2D eigenvalue weighted by Gasteiger charge is 2.21. The van der Waals surface area contributed by atoms with Crippen molar-refractivity contribution in [1.29, 1.82) is 5.41 Å². The van der Waals surface area contributed by atoms with Crippen molar-refractivity contribution in [1.82, 2.24) is 4.98 Å². The van der Waals surface area contributed by atoms with Gasteiger partial charge in [0.1, 0.15) is 25.6 Å². The second-order valence-corrected chi connectivity index (χ2v) is 4.59. The summed E-state index contributed by atoms with van der Waals surface area (Å²) in [6.07, 6.45) is 0. The van der Waals surface area contributed by atoms with Crippen LogP contribution in [0.2, 0.25) is 0 Å². The van der Waals surface area contributed by atoms with E-state index in [2.05, 4.69) is 4.98 Å². The number of aromatic nitrogens is 1. The molecule has 104 valence electrons. The molecule has 2 rings (SSSR count). The first-order chi connectivity index (χ1) is 9.99. The van der Waals surface area contributed by atoms with Crippen LogP contribution in [0.1, 0.15) is 17.0 Å². The maximum Gasteiger partial charge on any atom is 0.283 e. The van der Waals surface area contributed by atoms with E-state index in [1.807, 2.05) is 25.1 Å². The Kier molecular flexibility index (Phi) is 4.44. The second-order valence-electron chi connectivity index (χ2n) is 4.59. The molecule has 0 amide bonds. The predicted octanol–water partition coefficient (Wildman–Crippen LogP) is 1.19. The number of aryl methyl sites for hydroxylation is 1. The first-order valence-corrected chi connectivity index (χ1v) is 6.36. The molecule has 0 atom stereocenters. The van der Waals surface area contributed by atoms with Crippen molar-refractivity contribution in [3.63, 3.8) is 0 Å². The Hall–Kier alpha value is -2.54. The number of hydrogen-bond acceptors (Lipinski definition) is 4. The summed E-state index contributed by atoms with van der Waals surface area (Å²) in [5, 5.41) is 20.4. The number of benzene rings is 1. The lowest BCUT2D eigenvalue weighted by Gasteiger charge is -2.07. The van der Waals surface area contributed by atoms with Gasteiger partial charge in [0.05, 0.1) is 10.6 Å². The van der Waals surface area contributed by atoms with Crippen molar-refractivity contribution in [3.05, 3.63) is 63.5 Å². The van der Waals surface area contributed by atoms with Crippen LogP contribution in [0.25, 0.3) is 0 Å². The van der Waals surface area contributed by atoms with Gasteiger partial charge >= 0.3 is 0 Å². The van der Waals surface area contributed by atoms with Gasteiger partial charge in [-0.05, 0) is 30.7 Å². The maximum atomic E-state index is 11.0. The van der Waals surface area contributed by atoms with Crippen molar-refractivity contribution in [3.8, 4) is 0 Å². The monoisotopic (exact) mass is 281 g/mol. The van der Waals surface area contributed by atoms with Crippen LogP contribution in [-0.2, 0) is 6.54 Å². The topological polar surface area (TPSA) is 96.5 Å². The SMILES string of the molecule is [B]C(=N)c1c([NH2+]Cc2cccc(C)n2)cccc1[N+](=O)[O-]. The van der Waals surface area contributed by atoms with Crippen LogP contribution in [0, 0.1) is 22.4 Å². The quantitative estimate of drug-likeness (QED) is 0.283. The minimum Gasteiger partial charge on any atom is -0.316 e. The molecular weight excluding hydrogens is 267 g/mol. The molecule has 7 heteroatoms. The fraction of sp³-hybridized carbons (Fsp3) is 0.143. The van der Waals surface area contributed by atoms with E-state index in [0.717, 1.165) is 11.4 Å². The summed E-state index contributed by atoms with van der Waals surface area (Å²) in [5.41, 5.74) is 2.01. The van der Waals surface area contributed by atoms with Crippen LogP contribution in [0.5, 0.6) is 0 Å². The second kappa shape index (κ2) is 6.28. The molecule has 2 radical (unpaired) electrons. The van der Waals surface area contributed by atoms with Gasteiger partial charge in [0, 0.05) is 17.8 Å². The van der Waals surface area contributed by atoms with Gasteiger partial charge in [0.15, 0.2) is 0 Å². The largest absolute Gasteiger partial charge is 0.316 e. The molecule has 1 heterocycles.